The normalized spacial score (nSPS) is 30.5. The molecule has 0 aromatic carbocycles. The summed E-state index contributed by atoms with van der Waals surface area (Å²) < 4.78 is 5.58. The van der Waals surface area contributed by atoms with E-state index in [0.29, 0.717) is 0 Å². The Balaban J connectivity index is 2.16. The molecule has 2 atom stereocenters. The van der Waals surface area contributed by atoms with Gasteiger partial charge in [0.05, 0.1) is 0 Å². The minimum absolute atomic E-state index is 0.848. The summed E-state index contributed by atoms with van der Waals surface area (Å²) in [6, 6.07) is 0. The van der Waals surface area contributed by atoms with Gasteiger partial charge in [-0.1, -0.05) is 33.1 Å². The van der Waals surface area contributed by atoms with Crippen molar-refractivity contribution < 1.29 is 4.74 Å². The first kappa shape index (κ1) is 10.0. The van der Waals surface area contributed by atoms with Crippen LogP contribution in [0, 0.1) is 11.8 Å². The van der Waals surface area contributed by atoms with E-state index >= 15 is 0 Å². The molecule has 0 N–H and O–H groups in total. The monoisotopic (exact) mass is 170 g/mol. The molecule has 1 nitrogen and oxygen atoms in total. The number of hydrogen-bond donors (Lipinski definition) is 0. The summed E-state index contributed by atoms with van der Waals surface area (Å²) >= 11 is 0. The van der Waals surface area contributed by atoms with Gasteiger partial charge >= 0.3 is 0 Å². The third-order valence-electron chi connectivity index (χ3n) is 2.92. The van der Waals surface area contributed by atoms with E-state index in [1.807, 2.05) is 0 Å². The van der Waals surface area contributed by atoms with E-state index in [9.17, 15) is 0 Å². The fourth-order valence-electron chi connectivity index (χ4n) is 1.99. The van der Waals surface area contributed by atoms with Gasteiger partial charge in [0.2, 0.25) is 0 Å². The van der Waals surface area contributed by atoms with Crippen LogP contribution in [0.5, 0.6) is 0 Å². The van der Waals surface area contributed by atoms with Crippen LogP contribution in [0.3, 0.4) is 0 Å². The van der Waals surface area contributed by atoms with Crippen LogP contribution in [0.25, 0.3) is 0 Å². The molecule has 1 heteroatoms. The fraction of sp³-hybridized carbons (Fsp3) is 1.00. The van der Waals surface area contributed by atoms with Crippen molar-refractivity contribution >= 4 is 0 Å². The molecule has 0 saturated carbocycles. The molecule has 0 aliphatic carbocycles. The van der Waals surface area contributed by atoms with E-state index in [-0.39, 0.29) is 0 Å². The van der Waals surface area contributed by atoms with Gasteiger partial charge in [-0.05, 0) is 24.7 Å². The van der Waals surface area contributed by atoms with Gasteiger partial charge in [0, 0.05) is 13.2 Å². The summed E-state index contributed by atoms with van der Waals surface area (Å²) in [5, 5.41) is 0. The Labute approximate surface area is 76.5 Å². The Morgan fingerprint density at radius 2 is 1.92 bits per heavy atom. The molecule has 1 heterocycles. The third kappa shape index (κ3) is 3.14. The predicted octanol–water partition coefficient (Wildman–Crippen LogP) is 3.24. The molecule has 1 rings (SSSR count). The SMILES string of the molecule is CCCC[C@H]1COC[C@H](CC)C1. The first-order valence-corrected chi connectivity index (χ1v) is 5.44. The van der Waals surface area contributed by atoms with Crippen molar-refractivity contribution in [2.45, 2.75) is 46.0 Å². The average Bonchev–Trinajstić information content (AvgIpc) is 2.15. The summed E-state index contributed by atoms with van der Waals surface area (Å²) in [5.74, 6) is 1.71. The summed E-state index contributed by atoms with van der Waals surface area (Å²) in [7, 11) is 0. The number of unbranched alkanes of at least 4 members (excludes halogenated alkanes) is 1. The number of hydrogen-bond acceptors (Lipinski definition) is 1. The van der Waals surface area contributed by atoms with Gasteiger partial charge in [-0.3, -0.25) is 0 Å². The first-order chi connectivity index (χ1) is 5.86. The standard InChI is InChI=1S/C11H22O/c1-3-5-6-11-7-10(4-2)8-12-9-11/h10-11H,3-9H2,1-2H3/t10-,11-/m1/s1. The van der Waals surface area contributed by atoms with Gasteiger partial charge in [-0.2, -0.15) is 0 Å². The zero-order valence-corrected chi connectivity index (χ0v) is 8.51. The van der Waals surface area contributed by atoms with E-state index in [1.54, 1.807) is 0 Å². The van der Waals surface area contributed by atoms with Crippen LogP contribution in [0.4, 0.5) is 0 Å². The Kier molecular flexibility index (Phi) is 4.67. The van der Waals surface area contributed by atoms with E-state index in [2.05, 4.69) is 13.8 Å². The molecule has 1 fully saturated rings. The second-order valence-electron chi connectivity index (χ2n) is 4.06. The molecule has 1 saturated heterocycles. The lowest BCUT2D eigenvalue weighted by Crippen LogP contribution is -2.25. The Morgan fingerprint density at radius 1 is 1.17 bits per heavy atom. The maximum Gasteiger partial charge on any atom is 0.0494 e. The largest absolute Gasteiger partial charge is 0.381 e. The lowest BCUT2D eigenvalue weighted by atomic mass is 9.88. The Morgan fingerprint density at radius 3 is 2.58 bits per heavy atom. The maximum absolute atomic E-state index is 5.58. The van der Waals surface area contributed by atoms with Crippen LogP contribution in [-0.4, -0.2) is 13.2 Å². The van der Waals surface area contributed by atoms with Crippen molar-refractivity contribution in [1.29, 1.82) is 0 Å². The van der Waals surface area contributed by atoms with Crippen LogP contribution >= 0.6 is 0 Å². The molecular formula is C11H22O. The van der Waals surface area contributed by atoms with Crippen LogP contribution < -0.4 is 0 Å². The highest BCUT2D eigenvalue weighted by molar-refractivity contribution is 4.69. The highest BCUT2D eigenvalue weighted by atomic mass is 16.5. The van der Waals surface area contributed by atoms with E-state index in [0.717, 1.165) is 25.0 Å². The topological polar surface area (TPSA) is 9.23 Å². The van der Waals surface area contributed by atoms with Crippen LogP contribution in [-0.2, 0) is 4.74 Å². The average molecular weight is 170 g/mol. The third-order valence-corrected chi connectivity index (χ3v) is 2.92. The molecule has 0 unspecified atom stereocenters. The summed E-state index contributed by atoms with van der Waals surface area (Å²) in [6.07, 6.45) is 6.80. The zero-order valence-electron chi connectivity index (χ0n) is 8.51. The van der Waals surface area contributed by atoms with E-state index < -0.39 is 0 Å². The van der Waals surface area contributed by atoms with E-state index in [1.165, 1.54) is 32.1 Å². The predicted molar refractivity (Wildman–Crippen MR) is 52.2 cm³/mol. The Hall–Kier alpha value is -0.0400. The van der Waals surface area contributed by atoms with Crippen molar-refractivity contribution in [1.82, 2.24) is 0 Å². The lowest BCUT2D eigenvalue weighted by Gasteiger charge is -2.28. The van der Waals surface area contributed by atoms with Crippen molar-refractivity contribution in [2.24, 2.45) is 11.8 Å². The molecule has 0 radical (unpaired) electrons. The number of rotatable bonds is 4. The minimum Gasteiger partial charge on any atom is -0.381 e. The van der Waals surface area contributed by atoms with Crippen LogP contribution in [0.1, 0.15) is 46.0 Å². The van der Waals surface area contributed by atoms with Gasteiger partial charge < -0.3 is 4.74 Å². The molecule has 72 valence electrons. The van der Waals surface area contributed by atoms with Crippen molar-refractivity contribution in [3.63, 3.8) is 0 Å². The number of ether oxygens (including phenoxy) is 1. The van der Waals surface area contributed by atoms with Gasteiger partial charge in [0.15, 0.2) is 0 Å². The quantitative estimate of drug-likeness (QED) is 0.629. The summed E-state index contributed by atoms with van der Waals surface area (Å²) in [4.78, 5) is 0. The molecule has 0 bridgehead atoms. The highest BCUT2D eigenvalue weighted by Crippen LogP contribution is 2.25. The first-order valence-electron chi connectivity index (χ1n) is 5.44. The second kappa shape index (κ2) is 5.58. The lowest BCUT2D eigenvalue weighted by molar-refractivity contribution is 0.0106. The molecule has 0 aromatic rings. The van der Waals surface area contributed by atoms with Crippen LogP contribution in [0.15, 0.2) is 0 Å². The van der Waals surface area contributed by atoms with Gasteiger partial charge in [0.1, 0.15) is 0 Å². The van der Waals surface area contributed by atoms with Crippen molar-refractivity contribution in [3.05, 3.63) is 0 Å². The fourth-order valence-corrected chi connectivity index (χ4v) is 1.99. The van der Waals surface area contributed by atoms with Gasteiger partial charge in [-0.15, -0.1) is 0 Å². The van der Waals surface area contributed by atoms with Crippen LogP contribution in [0.2, 0.25) is 0 Å². The molecule has 12 heavy (non-hydrogen) atoms. The van der Waals surface area contributed by atoms with Crippen molar-refractivity contribution in [3.8, 4) is 0 Å². The smallest absolute Gasteiger partial charge is 0.0494 e. The zero-order chi connectivity index (χ0) is 8.81. The van der Waals surface area contributed by atoms with Crippen molar-refractivity contribution in [2.75, 3.05) is 13.2 Å². The molecular weight excluding hydrogens is 148 g/mol. The summed E-state index contributed by atoms with van der Waals surface area (Å²) in [5.41, 5.74) is 0. The van der Waals surface area contributed by atoms with E-state index in [4.69, 9.17) is 4.74 Å². The van der Waals surface area contributed by atoms with Gasteiger partial charge in [0.25, 0.3) is 0 Å². The second-order valence-corrected chi connectivity index (χ2v) is 4.06. The molecule has 1 aliphatic rings. The summed E-state index contributed by atoms with van der Waals surface area (Å²) in [6.45, 7) is 6.58. The molecule has 0 amide bonds. The Bertz CT molecular complexity index is 112. The molecule has 1 aliphatic heterocycles. The van der Waals surface area contributed by atoms with Gasteiger partial charge in [-0.25, -0.2) is 0 Å². The maximum atomic E-state index is 5.58. The highest BCUT2D eigenvalue weighted by Gasteiger charge is 2.20. The molecule has 0 aromatic heterocycles. The molecule has 0 spiro atoms. The minimum atomic E-state index is 0.848.